The van der Waals surface area contributed by atoms with Crippen molar-refractivity contribution in [2.24, 2.45) is 5.10 Å². The van der Waals surface area contributed by atoms with Crippen molar-refractivity contribution < 1.29 is 27.1 Å². The lowest BCUT2D eigenvalue weighted by molar-refractivity contribution is 0.0570. The predicted octanol–water partition coefficient (Wildman–Crippen LogP) is 7.28. The molecule has 13 heteroatoms. The van der Waals surface area contributed by atoms with Crippen LogP contribution in [-0.2, 0) is 21.3 Å². The van der Waals surface area contributed by atoms with Crippen LogP contribution in [0.25, 0.3) is 11.1 Å². The molecule has 4 rings (SSSR count). The van der Waals surface area contributed by atoms with E-state index in [0.717, 1.165) is 25.1 Å². The number of rotatable bonds is 12. The van der Waals surface area contributed by atoms with Gasteiger partial charge in [-0.15, -0.1) is 0 Å². The minimum absolute atomic E-state index is 0.191. The van der Waals surface area contributed by atoms with Crippen LogP contribution in [0.1, 0.15) is 76.2 Å². The lowest BCUT2D eigenvalue weighted by Crippen LogP contribution is -2.36. The van der Waals surface area contributed by atoms with E-state index in [-0.39, 0.29) is 29.6 Å². The van der Waals surface area contributed by atoms with Gasteiger partial charge in [0.05, 0.1) is 15.6 Å². The zero-order chi connectivity index (χ0) is 34.4. The second-order valence-corrected chi connectivity index (χ2v) is 14.2. The van der Waals surface area contributed by atoms with Gasteiger partial charge in [-0.3, -0.25) is 4.79 Å². The van der Waals surface area contributed by atoms with Gasteiger partial charge in [-0.1, -0.05) is 62.2 Å². The van der Waals surface area contributed by atoms with Gasteiger partial charge in [-0.2, -0.15) is 5.10 Å². The van der Waals surface area contributed by atoms with Crippen LogP contribution in [0.3, 0.4) is 0 Å². The molecule has 10 nitrogen and oxygen atoms in total. The maximum absolute atomic E-state index is 15.7. The van der Waals surface area contributed by atoms with Crippen LogP contribution >= 0.6 is 11.6 Å². The monoisotopic (exact) mass is 685 g/mol. The highest BCUT2D eigenvalue weighted by atomic mass is 35.5. The fraction of sp³-hybridized carbons (Fsp3) is 0.382. The molecule has 47 heavy (non-hydrogen) atoms. The molecular weight excluding hydrogens is 645 g/mol. The van der Waals surface area contributed by atoms with Gasteiger partial charge in [-0.05, 0) is 69.5 Å². The van der Waals surface area contributed by atoms with Crippen LogP contribution in [0.15, 0.2) is 70.7 Å². The van der Waals surface area contributed by atoms with Crippen molar-refractivity contribution in [3.8, 4) is 11.1 Å². The number of sulfonamides is 1. The standard InChI is InChI=1S/C34H41ClFN5O5S/c1-6-8-18-37-32(42)24-16-17-27(35)29(20-24)41-22-40(31(38-41)11-7-2)21-25-15-14-23(19-28(25)36)26-12-9-10-13-30(26)47(44,45)39-33(43)46-34(3,4)5/h9-10,12-17,19-20H,6-8,11,18,21-22H2,1-5H3,(H,37,42)(H,39,43). The number of amides is 2. The van der Waals surface area contributed by atoms with Crippen LogP contribution in [0.5, 0.6) is 0 Å². The second kappa shape index (κ2) is 15.2. The molecule has 0 saturated heterocycles. The fourth-order valence-electron chi connectivity index (χ4n) is 4.96. The number of ether oxygens (including phenoxy) is 1. The Morgan fingerprint density at radius 1 is 1.04 bits per heavy atom. The minimum Gasteiger partial charge on any atom is -0.443 e. The summed E-state index contributed by atoms with van der Waals surface area (Å²) in [6, 6.07) is 15.6. The van der Waals surface area contributed by atoms with E-state index in [1.807, 2.05) is 16.5 Å². The predicted molar refractivity (Wildman–Crippen MR) is 182 cm³/mol. The van der Waals surface area contributed by atoms with Crippen molar-refractivity contribution in [3.63, 3.8) is 0 Å². The van der Waals surface area contributed by atoms with Crippen molar-refractivity contribution >= 4 is 45.1 Å². The van der Waals surface area contributed by atoms with E-state index in [4.69, 9.17) is 21.4 Å². The summed E-state index contributed by atoms with van der Waals surface area (Å²) in [4.78, 5) is 26.7. The SMILES string of the molecule is CCCCNC(=O)c1ccc(Cl)c(N2CN(Cc3ccc(-c4ccccc4S(=O)(=O)NC(=O)OC(C)(C)C)cc3F)C(CCC)=N2)c1. The van der Waals surface area contributed by atoms with Crippen molar-refractivity contribution in [1.29, 1.82) is 0 Å². The topological polar surface area (TPSA) is 120 Å². The molecule has 2 N–H and O–H groups in total. The maximum atomic E-state index is 15.7. The quantitative estimate of drug-likeness (QED) is 0.192. The van der Waals surface area contributed by atoms with E-state index in [2.05, 4.69) is 12.2 Å². The second-order valence-electron chi connectivity index (χ2n) is 12.2. The van der Waals surface area contributed by atoms with E-state index < -0.39 is 27.5 Å². The molecule has 0 saturated carbocycles. The number of carbonyl (C=O) groups excluding carboxylic acids is 2. The first-order chi connectivity index (χ1) is 22.2. The third-order valence-corrected chi connectivity index (χ3v) is 8.89. The molecule has 1 aliphatic rings. The number of hydrazone groups is 1. The highest BCUT2D eigenvalue weighted by molar-refractivity contribution is 7.90. The molecule has 0 aromatic heterocycles. The normalized spacial score (nSPS) is 13.4. The number of benzene rings is 3. The van der Waals surface area contributed by atoms with Crippen LogP contribution in [0, 0.1) is 5.82 Å². The Morgan fingerprint density at radius 2 is 1.79 bits per heavy atom. The van der Waals surface area contributed by atoms with Crippen LogP contribution in [-0.4, -0.2) is 50.0 Å². The lowest BCUT2D eigenvalue weighted by Gasteiger charge is -2.23. The zero-order valence-electron chi connectivity index (χ0n) is 27.3. The maximum Gasteiger partial charge on any atom is 0.421 e. The molecule has 2 amide bonds. The van der Waals surface area contributed by atoms with Gasteiger partial charge in [0.15, 0.2) is 0 Å². The largest absolute Gasteiger partial charge is 0.443 e. The Labute approximate surface area is 281 Å². The molecule has 0 radical (unpaired) electrons. The zero-order valence-corrected chi connectivity index (χ0v) is 28.8. The van der Waals surface area contributed by atoms with Gasteiger partial charge in [0.2, 0.25) is 0 Å². The third kappa shape index (κ3) is 9.23. The summed E-state index contributed by atoms with van der Waals surface area (Å²) in [5, 5.41) is 9.82. The summed E-state index contributed by atoms with van der Waals surface area (Å²) in [5.74, 6) is 0.0183. The minimum atomic E-state index is -4.33. The van der Waals surface area contributed by atoms with Crippen molar-refractivity contribution in [2.45, 2.75) is 77.3 Å². The van der Waals surface area contributed by atoms with Gasteiger partial charge in [-0.25, -0.2) is 27.3 Å². The summed E-state index contributed by atoms with van der Waals surface area (Å²) < 4.78 is 49.0. The highest BCUT2D eigenvalue weighted by Gasteiger charge is 2.28. The Hall–Kier alpha value is -4.16. The average Bonchev–Trinajstić information content (AvgIpc) is 3.39. The Bertz CT molecular complexity index is 1760. The molecule has 3 aromatic carbocycles. The molecule has 1 heterocycles. The number of hydrogen-bond donors (Lipinski definition) is 2. The summed E-state index contributed by atoms with van der Waals surface area (Å²) >= 11 is 6.55. The molecule has 0 spiro atoms. The van der Waals surface area contributed by atoms with E-state index in [9.17, 15) is 18.0 Å². The number of nitrogens with zero attached hydrogens (tertiary/aromatic N) is 3. The number of unbranched alkanes of at least 4 members (excludes halogenated alkanes) is 1. The van der Waals surface area contributed by atoms with Crippen LogP contribution in [0.2, 0.25) is 5.02 Å². The molecular formula is C34H41ClFN5O5S. The Morgan fingerprint density at radius 3 is 2.47 bits per heavy atom. The van der Waals surface area contributed by atoms with E-state index in [1.54, 1.807) is 68.2 Å². The van der Waals surface area contributed by atoms with E-state index in [1.165, 1.54) is 18.2 Å². The van der Waals surface area contributed by atoms with Crippen molar-refractivity contribution in [3.05, 3.63) is 82.6 Å². The fourth-order valence-corrected chi connectivity index (χ4v) is 6.28. The molecule has 0 aliphatic carbocycles. The van der Waals surface area contributed by atoms with Gasteiger partial charge in [0.1, 0.15) is 23.9 Å². The van der Waals surface area contributed by atoms with Gasteiger partial charge >= 0.3 is 6.09 Å². The molecule has 252 valence electrons. The van der Waals surface area contributed by atoms with Crippen molar-refractivity contribution in [1.82, 2.24) is 14.9 Å². The van der Waals surface area contributed by atoms with Gasteiger partial charge in [0, 0.05) is 36.2 Å². The number of halogens is 2. The van der Waals surface area contributed by atoms with E-state index in [0.29, 0.717) is 40.4 Å². The first kappa shape index (κ1) is 35.7. The van der Waals surface area contributed by atoms with Crippen LogP contribution < -0.4 is 15.0 Å². The van der Waals surface area contributed by atoms with Crippen LogP contribution in [0.4, 0.5) is 14.9 Å². The number of carbonyl (C=O) groups is 2. The van der Waals surface area contributed by atoms with Gasteiger partial charge in [0.25, 0.3) is 15.9 Å². The van der Waals surface area contributed by atoms with Gasteiger partial charge < -0.3 is 15.0 Å². The first-order valence-electron chi connectivity index (χ1n) is 15.5. The number of amidine groups is 1. The Balaban J connectivity index is 1.55. The summed E-state index contributed by atoms with van der Waals surface area (Å²) in [7, 11) is -4.33. The molecule has 0 fully saturated rings. The molecule has 0 bridgehead atoms. The summed E-state index contributed by atoms with van der Waals surface area (Å²) in [6.07, 6.45) is 2.19. The highest BCUT2D eigenvalue weighted by Crippen LogP contribution is 2.32. The third-order valence-electron chi connectivity index (χ3n) is 7.20. The molecule has 0 atom stereocenters. The van der Waals surface area contributed by atoms with E-state index >= 15 is 4.39 Å². The smallest absolute Gasteiger partial charge is 0.421 e. The summed E-state index contributed by atoms with van der Waals surface area (Å²) in [5.41, 5.74) is 1.07. The number of hydrogen-bond acceptors (Lipinski definition) is 8. The molecule has 0 unspecified atom stereocenters. The first-order valence-corrected chi connectivity index (χ1v) is 17.4. The number of nitrogens with one attached hydrogen (secondary N) is 2. The number of anilines is 1. The summed E-state index contributed by atoms with van der Waals surface area (Å²) in [6.45, 7) is 10.0. The lowest BCUT2D eigenvalue weighted by atomic mass is 10.0. The van der Waals surface area contributed by atoms with Crippen molar-refractivity contribution in [2.75, 3.05) is 18.2 Å². The molecule has 3 aromatic rings. The Kier molecular flexibility index (Phi) is 11.5. The average molecular weight is 686 g/mol. The molecule has 1 aliphatic heterocycles.